The first-order valence-corrected chi connectivity index (χ1v) is 5.17. The molecule has 2 nitrogen and oxygen atoms in total. The molecule has 1 rings (SSSR count). The Kier molecular flexibility index (Phi) is 3.78. The van der Waals surface area contributed by atoms with E-state index in [4.69, 9.17) is 0 Å². The lowest BCUT2D eigenvalue weighted by atomic mass is 10.0. The minimum atomic E-state index is 0.549. The first-order valence-electron chi connectivity index (χ1n) is 5.17. The van der Waals surface area contributed by atoms with Crippen molar-refractivity contribution in [3.63, 3.8) is 0 Å². The minimum absolute atomic E-state index is 0.549. The number of hydrogen-bond acceptors (Lipinski definition) is 2. The van der Waals surface area contributed by atoms with Crippen LogP contribution in [-0.4, -0.2) is 9.97 Å². The van der Waals surface area contributed by atoms with Crippen molar-refractivity contribution in [3.05, 3.63) is 42.0 Å². The third-order valence-electron chi connectivity index (χ3n) is 2.46. The Bertz CT molecular complexity index is 372. The van der Waals surface area contributed by atoms with E-state index in [1.807, 2.05) is 19.3 Å². The average molecular weight is 202 g/mol. The van der Waals surface area contributed by atoms with Crippen LogP contribution in [0.4, 0.5) is 0 Å². The fraction of sp³-hybridized carbons (Fsp3) is 0.385. The van der Waals surface area contributed by atoms with E-state index < -0.39 is 0 Å². The monoisotopic (exact) mass is 202 g/mol. The van der Waals surface area contributed by atoms with Gasteiger partial charge in [-0.1, -0.05) is 32.1 Å². The summed E-state index contributed by atoms with van der Waals surface area (Å²) in [7, 11) is 0. The largest absolute Gasteiger partial charge is 0.241 e. The zero-order valence-electron chi connectivity index (χ0n) is 9.91. The first kappa shape index (κ1) is 11.6. The number of aromatic nitrogens is 2. The quantitative estimate of drug-likeness (QED) is 0.702. The van der Waals surface area contributed by atoms with Crippen LogP contribution >= 0.6 is 0 Å². The SMILES string of the molecule is C=C(/C=C(/C)C(C)C)c1cnc(C)nc1. The Balaban J connectivity index is 2.86. The molecule has 0 saturated heterocycles. The van der Waals surface area contributed by atoms with Gasteiger partial charge in [0.2, 0.25) is 0 Å². The molecule has 0 saturated carbocycles. The molecular weight excluding hydrogens is 184 g/mol. The summed E-state index contributed by atoms with van der Waals surface area (Å²) in [6.07, 6.45) is 5.72. The van der Waals surface area contributed by atoms with Gasteiger partial charge in [0.1, 0.15) is 5.82 Å². The lowest BCUT2D eigenvalue weighted by Crippen LogP contribution is -1.92. The highest BCUT2D eigenvalue weighted by atomic mass is 14.8. The van der Waals surface area contributed by atoms with E-state index in [1.165, 1.54) is 5.57 Å². The molecule has 15 heavy (non-hydrogen) atoms. The van der Waals surface area contributed by atoms with Crippen molar-refractivity contribution in [2.45, 2.75) is 27.7 Å². The summed E-state index contributed by atoms with van der Waals surface area (Å²) >= 11 is 0. The van der Waals surface area contributed by atoms with Gasteiger partial charge in [-0.2, -0.15) is 0 Å². The Labute approximate surface area is 91.8 Å². The summed E-state index contributed by atoms with van der Waals surface area (Å²) in [4.78, 5) is 8.30. The summed E-state index contributed by atoms with van der Waals surface area (Å²) in [5, 5.41) is 0. The van der Waals surface area contributed by atoms with Crippen LogP contribution < -0.4 is 0 Å². The number of hydrogen-bond donors (Lipinski definition) is 0. The number of aryl methyl sites for hydroxylation is 1. The maximum absolute atomic E-state index is 4.15. The van der Waals surface area contributed by atoms with Crippen molar-refractivity contribution in [1.29, 1.82) is 0 Å². The van der Waals surface area contributed by atoms with Crippen LogP contribution in [0.3, 0.4) is 0 Å². The van der Waals surface area contributed by atoms with Gasteiger partial charge in [0.05, 0.1) is 0 Å². The predicted octanol–water partition coefficient (Wildman–Crippen LogP) is 3.40. The molecule has 0 atom stereocenters. The highest BCUT2D eigenvalue weighted by Gasteiger charge is 2.00. The van der Waals surface area contributed by atoms with Crippen LogP contribution in [0.25, 0.3) is 5.57 Å². The third-order valence-corrected chi connectivity index (χ3v) is 2.46. The van der Waals surface area contributed by atoms with E-state index in [2.05, 4.69) is 43.4 Å². The smallest absolute Gasteiger partial charge is 0.125 e. The Morgan fingerprint density at radius 1 is 1.33 bits per heavy atom. The highest BCUT2D eigenvalue weighted by Crippen LogP contribution is 2.17. The van der Waals surface area contributed by atoms with Crippen LogP contribution in [0, 0.1) is 12.8 Å². The van der Waals surface area contributed by atoms with E-state index in [0.29, 0.717) is 5.92 Å². The van der Waals surface area contributed by atoms with Gasteiger partial charge in [0, 0.05) is 18.0 Å². The van der Waals surface area contributed by atoms with Gasteiger partial charge in [-0.3, -0.25) is 0 Å². The van der Waals surface area contributed by atoms with E-state index in [0.717, 1.165) is 17.0 Å². The molecule has 0 aliphatic carbocycles. The van der Waals surface area contributed by atoms with Gasteiger partial charge in [-0.15, -0.1) is 0 Å². The Morgan fingerprint density at radius 2 is 1.87 bits per heavy atom. The number of nitrogens with zero attached hydrogens (tertiary/aromatic N) is 2. The fourth-order valence-electron chi connectivity index (χ4n) is 1.08. The molecule has 0 spiro atoms. The van der Waals surface area contributed by atoms with Crippen LogP contribution in [0.1, 0.15) is 32.2 Å². The van der Waals surface area contributed by atoms with Crippen LogP contribution in [0.5, 0.6) is 0 Å². The molecule has 0 aliphatic heterocycles. The van der Waals surface area contributed by atoms with Crippen LogP contribution in [0.2, 0.25) is 0 Å². The maximum Gasteiger partial charge on any atom is 0.125 e. The highest BCUT2D eigenvalue weighted by molar-refractivity contribution is 5.71. The van der Waals surface area contributed by atoms with Crippen molar-refractivity contribution in [2.24, 2.45) is 5.92 Å². The Hall–Kier alpha value is -1.44. The van der Waals surface area contributed by atoms with Crippen molar-refractivity contribution >= 4 is 5.57 Å². The molecule has 1 aromatic heterocycles. The maximum atomic E-state index is 4.15. The molecule has 0 amide bonds. The third kappa shape index (κ3) is 3.31. The van der Waals surface area contributed by atoms with Gasteiger partial charge < -0.3 is 0 Å². The van der Waals surface area contributed by atoms with Crippen molar-refractivity contribution in [3.8, 4) is 0 Å². The van der Waals surface area contributed by atoms with Crippen LogP contribution in [-0.2, 0) is 0 Å². The second-order valence-corrected chi connectivity index (χ2v) is 4.09. The molecule has 1 heterocycles. The van der Waals surface area contributed by atoms with Gasteiger partial charge >= 0.3 is 0 Å². The zero-order chi connectivity index (χ0) is 11.4. The first-order chi connectivity index (χ1) is 7.00. The Morgan fingerprint density at radius 3 is 2.33 bits per heavy atom. The molecule has 0 unspecified atom stereocenters. The molecule has 0 aliphatic rings. The lowest BCUT2D eigenvalue weighted by molar-refractivity contribution is 0.770. The van der Waals surface area contributed by atoms with Gasteiger partial charge in [-0.05, 0) is 25.3 Å². The summed E-state index contributed by atoms with van der Waals surface area (Å²) in [5.74, 6) is 1.34. The van der Waals surface area contributed by atoms with Gasteiger partial charge in [0.25, 0.3) is 0 Å². The standard InChI is InChI=1S/C13H18N2/c1-9(2)10(3)6-11(4)13-7-14-12(5)15-8-13/h6-9H,4H2,1-3,5H3/b10-6-. The van der Waals surface area contributed by atoms with Crippen LogP contribution in [0.15, 0.2) is 30.6 Å². The summed E-state index contributed by atoms with van der Waals surface area (Å²) < 4.78 is 0. The average Bonchev–Trinajstić information content (AvgIpc) is 2.18. The molecule has 0 radical (unpaired) electrons. The summed E-state index contributed by atoms with van der Waals surface area (Å²) in [6, 6.07) is 0. The molecular formula is C13H18N2. The molecule has 80 valence electrons. The van der Waals surface area contributed by atoms with Crippen molar-refractivity contribution < 1.29 is 0 Å². The minimum Gasteiger partial charge on any atom is -0.241 e. The topological polar surface area (TPSA) is 25.8 Å². The summed E-state index contributed by atoms with van der Waals surface area (Å²) in [5.41, 5.74) is 3.28. The second kappa shape index (κ2) is 4.87. The zero-order valence-corrected chi connectivity index (χ0v) is 9.91. The van der Waals surface area contributed by atoms with E-state index in [9.17, 15) is 0 Å². The molecule has 0 aromatic carbocycles. The normalized spacial score (nSPS) is 11.9. The van der Waals surface area contributed by atoms with E-state index in [1.54, 1.807) is 0 Å². The van der Waals surface area contributed by atoms with E-state index >= 15 is 0 Å². The second-order valence-electron chi connectivity index (χ2n) is 4.09. The van der Waals surface area contributed by atoms with Crippen molar-refractivity contribution in [1.82, 2.24) is 9.97 Å². The molecule has 2 heteroatoms. The predicted molar refractivity (Wildman–Crippen MR) is 64.4 cm³/mol. The number of allylic oxidation sites excluding steroid dienone is 3. The summed E-state index contributed by atoms with van der Waals surface area (Å²) in [6.45, 7) is 12.4. The molecule has 1 aromatic rings. The van der Waals surface area contributed by atoms with Crippen molar-refractivity contribution in [2.75, 3.05) is 0 Å². The van der Waals surface area contributed by atoms with Gasteiger partial charge in [-0.25, -0.2) is 9.97 Å². The fourth-order valence-corrected chi connectivity index (χ4v) is 1.08. The molecule has 0 N–H and O–H groups in total. The van der Waals surface area contributed by atoms with Gasteiger partial charge in [0.15, 0.2) is 0 Å². The molecule has 0 bridgehead atoms. The molecule has 0 fully saturated rings. The lowest BCUT2D eigenvalue weighted by Gasteiger charge is -2.06. The van der Waals surface area contributed by atoms with E-state index in [-0.39, 0.29) is 0 Å². The number of rotatable bonds is 3.